The fourth-order valence-electron chi connectivity index (χ4n) is 5.28. The Hall–Kier alpha value is -3.77. The van der Waals surface area contributed by atoms with Gasteiger partial charge in [-0.1, -0.05) is 35.9 Å². The number of urea groups is 1. The van der Waals surface area contributed by atoms with Crippen LogP contribution < -0.4 is 14.9 Å². The summed E-state index contributed by atoms with van der Waals surface area (Å²) in [5.74, 6) is -0.520. The van der Waals surface area contributed by atoms with Crippen LogP contribution >= 0.6 is 11.6 Å². The van der Waals surface area contributed by atoms with Gasteiger partial charge in [0, 0.05) is 25.2 Å². The van der Waals surface area contributed by atoms with Gasteiger partial charge >= 0.3 is 12.2 Å². The summed E-state index contributed by atoms with van der Waals surface area (Å²) in [7, 11) is -4.49. The summed E-state index contributed by atoms with van der Waals surface area (Å²) >= 11 is 6.22. The lowest BCUT2D eigenvalue weighted by Crippen LogP contribution is -2.62. The van der Waals surface area contributed by atoms with Crippen LogP contribution in [0.4, 0.5) is 33.7 Å². The molecule has 41 heavy (non-hydrogen) atoms. The fraction of sp³-hybridized carbons (Fsp3) is 0.250. The summed E-state index contributed by atoms with van der Waals surface area (Å²) in [6.07, 6.45) is -3.09. The van der Waals surface area contributed by atoms with E-state index in [4.69, 9.17) is 17.3 Å². The highest BCUT2D eigenvalue weighted by atomic mass is 35.5. The van der Waals surface area contributed by atoms with Gasteiger partial charge in [0.15, 0.2) is 0 Å². The Bertz CT molecular complexity index is 1640. The summed E-state index contributed by atoms with van der Waals surface area (Å²) in [5.41, 5.74) is 6.37. The minimum absolute atomic E-state index is 0.135. The van der Waals surface area contributed by atoms with Gasteiger partial charge in [-0.15, -0.1) is 0 Å². The average molecular weight is 609 g/mol. The number of primary amides is 1. The van der Waals surface area contributed by atoms with Gasteiger partial charge in [0.1, 0.15) is 5.82 Å². The number of rotatable bonds is 4. The number of nitrogens with zero attached hydrogens (tertiary/aromatic N) is 3. The number of hydrogen-bond acceptors (Lipinski definition) is 4. The summed E-state index contributed by atoms with van der Waals surface area (Å²) in [5, 5.41) is 0.209. The van der Waals surface area contributed by atoms with E-state index < -0.39 is 44.5 Å². The lowest BCUT2D eigenvalue weighted by atomic mass is 10.0. The second kappa shape index (κ2) is 10.6. The van der Waals surface area contributed by atoms with Crippen molar-refractivity contribution in [3.05, 3.63) is 88.2 Å². The zero-order valence-electron chi connectivity index (χ0n) is 21.7. The Morgan fingerprint density at radius 3 is 2.44 bits per heavy atom. The van der Waals surface area contributed by atoms with Crippen molar-refractivity contribution in [2.75, 3.05) is 35.4 Å². The highest BCUT2D eigenvalue weighted by molar-refractivity contribution is 7.92. The van der Waals surface area contributed by atoms with E-state index >= 15 is 0 Å². The number of halogens is 5. The number of fused-ring (bicyclic) bond motifs is 3. The van der Waals surface area contributed by atoms with E-state index in [1.54, 1.807) is 37.3 Å². The predicted octanol–water partition coefficient (Wildman–Crippen LogP) is 5.84. The van der Waals surface area contributed by atoms with E-state index in [-0.39, 0.29) is 29.4 Å². The molecule has 1 saturated heterocycles. The summed E-state index contributed by atoms with van der Waals surface area (Å²) < 4.78 is 83.8. The number of hydrogen-bond donors (Lipinski definition) is 1. The Labute approximate surface area is 239 Å². The molecule has 1 atom stereocenters. The van der Waals surface area contributed by atoms with Crippen LogP contribution in [0.3, 0.4) is 0 Å². The molecule has 7 nitrogen and oxygen atoms in total. The number of carbonyl (C=O) groups is 1. The van der Waals surface area contributed by atoms with Crippen LogP contribution in [0, 0.1) is 5.82 Å². The maximum absolute atomic E-state index is 14.5. The molecule has 2 heterocycles. The zero-order valence-corrected chi connectivity index (χ0v) is 23.3. The number of allylic oxidation sites excluding steroid dienone is 1. The van der Waals surface area contributed by atoms with Gasteiger partial charge in [-0.3, -0.25) is 4.31 Å². The molecular formula is C28H25ClF4N4O3S. The summed E-state index contributed by atoms with van der Waals surface area (Å²) in [4.78, 5) is 14.7. The van der Waals surface area contributed by atoms with Gasteiger partial charge in [-0.25, -0.2) is 17.6 Å². The van der Waals surface area contributed by atoms with Gasteiger partial charge in [0.05, 0.1) is 39.4 Å². The first kappa shape index (κ1) is 28.7. The first-order valence-corrected chi connectivity index (χ1v) is 14.4. The molecule has 1 fully saturated rings. The number of benzene rings is 3. The number of anilines is 2. The van der Waals surface area contributed by atoms with Crippen LogP contribution in [0.2, 0.25) is 5.02 Å². The van der Waals surface area contributed by atoms with Gasteiger partial charge in [-0.05, 0) is 60.5 Å². The molecule has 2 amide bonds. The Kier molecular flexibility index (Phi) is 7.41. The molecular weight excluding hydrogens is 584 g/mol. The minimum atomic E-state index is -4.74. The number of sulfonamides is 1. The molecule has 0 aliphatic carbocycles. The lowest BCUT2D eigenvalue weighted by molar-refractivity contribution is -0.137. The number of alkyl halides is 3. The maximum Gasteiger partial charge on any atom is 0.416 e. The van der Waals surface area contributed by atoms with Crippen LogP contribution in [0.1, 0.15) is 23.6 Å². The van der Waals surface area contributed by atoms with Crippen LogP contribution in [-0.4, -0.2) is 51.6 Å². The third kappa shape index (κ3) is 5.45. The highest BCUT2D eigenvalue weighted by Crippen LogP contribution is 2.42. The third-order valence-corrected chi connectivity index (χ3v) is 9.33. The fourth-order valence-corrected chi connectivity index (χ4v) is 7.14. The zero-order chi connectivity index (χ0) is 29.7. The number of amides is 2. The lowest BCUT2D eigenvalue weighted by Gasteiger charge is -2.48. The summed E-state index contributed by atoms with van der Waals surface area (Å²) in [6, 6.07) is 11.8. The standard InChI is InChI=1S/C28H25ClF4N4O3S/c1-17(26-22(29)6-3-7-23(26)30)12-18-8-9-24-25(13-18)37(16-20-15-35(27(34)38)10-11-36(20)24)41(39,40)21-5-2-4-19(14-21)28(31,32)33/h2-9,12-14,20H,10-11,15-16H2,1H3,(H2,34,38)/b17-12+/t20-/m0/s1. The van der Waals surface area contributed by atoms with E-state index in [0.717, 1.165) is 22.5 Å². The van der Waals surface area contributed by atoms with Gasteiger partial charge in [-0.2, -0.15) is 13.2 Å². The van der Waals surface area contributed by atoms with Crippen LogP contribution in [0.5, 0.6) is 0 Å². The van der Waals surface area contributed by atoms with E-state index in [1.165, 1.54) is 17.0 Å². The summed E-state index contributed by atoms with van der Waals surface area (Å²) in [6.45, 7) is 2.35. The topological polar surface area (TPSA) is 87.0 Å². The predicted molar refractivity (Wildman–Crippen MR) is 150 cm³/mol. The minimum Gasteiger partial charge on any atom is -0.361 e. The normalized spacial score (nSPS) is 17.8. The number of nitrogens with two attached hydrogens (primary N) is 1. The Morgan fingerprint density at radius 1 is 1.02 bits per heavy atom. The Balaban J connectivity index is 1.63. The molecule has 0 aromatic heterocycles. The molecule has 0 radical (unpaired) electrons. The van der Waals surface area contributed by atoms with E-state index in [9.17, 15) is 30.8 Å². The molecule has 2 N–H and O–H groups in total. The molecule has 0 spiro atoms. The van der Waals surface area contributed by atoms with Crippen molar-refractivity contribution in [2.24, 2.45) is 5.73 Å². The van der Waals surface area contributed by atoms with Crippen LogP contribution in [-0.2, 0) is 16.2 Å². The van der Waals surface area contributed by atoms with Crippen LogP contribution in [0.15, 0.2) is 65.6 Å². The Morgan fingerprint density at radius 2 is 1.76 bits per heavy atom. The van der Waals surface area contributed by atoms with Crippen molar-refractivity contribution < 1.29 is 30.8 Å². The number of carbonyl (C=O) groups excluding carboxylic acids is 1. The number of piperazine rings is 1. The van der Waals surface area contributed by atoms with Crippen molar-refractivity contribution in [1.29, 1.82) is 0 Å². The van der Waals surface area contributed by atoms with E-state index in [0.29, 0.717) is 36.0 Å². The van der Waals surface area contributed by atoms with Crippen LogP contribution in [0.25, 0.3) is 11.6 Å². The smallest absolute Gasteiger partial charge is 0.361 e. The van der Waals surface area contributed by atoms with Gasteiger partial charge in [0.25, 0.3) is 10.0 Å². The second-order valence-corrected chi connectivity index (χ2v) is 12.1. The van der Waals surface area contributed by atoms with Gasteiger partial charge < -0.3 is 15.5 Å². The molecule has 3 aromatic carbocycles. The average Bonchev–Trinajstić information content (AvgIpc) is 2.91. The first-order chi connectivity index (χ1) is 19.3. The largest absolute Gasteiger partial charge is 0.416 e. The van der Waals surface area contributed by atoms with Crippen molar-refractivity contribution in [1.82, 2.24) is 4.90 Å². The molecule has 0 bridgehead atoms. The van der Waals surface area contributed by atoms with Crippen molar-refractivity contribution in [3.63, 3.8) is 0 Å². The van der Waals surface area contributed by atoms with Crippen molar-refractivity contribution in [3.8, 4) is 0 Å². The molecule has 0 unspecified atom stereocenters. The van der Waals surface area contributed by atoms with E-state index in [1.807, 2.05) is 4.90 Å². The molecule has 0 saturated carbocycles. The molecule has 5 rings (SSSR count). The molecule has 2 aliphatic heterocycles. The molecule has 2 aliphatic rings. The van der Waals surface area contributed by atoms with Gasteiger partial charge in [0.2, 0.25) is 0 Å². The SMILES string of the molecule is C/C(=C\c1ccc2c(c1)N(S(=O)(=O)c1cccc(C(F)(F)F)c1)C[C@@H]1CN(C(N)=O)CCN21)c1c(F)cccc1Cl. The maximum atomic E-state index is 14.5. The quantitative estimate of drug-likeness (QED) is 0.298. The molecule has 216 valence electrons. The van der Waals surface area contributed by atoms with Crippen molar-refractivity contribution >= 4 is 50.7 Å². The third-order valence-electron chi connectivity index (χ3n) is 7.24. The molecule has 3 aromatic rings. The van der Waals surface area contributed by atoms with E-state index in [2.05, 4.69) is 0 Å². The monoisotopic (exact) mass is 608 g/mol. The highest BCUT2D eigenvalue weighted by Gasteiger charge is 2.41. The van der Waals surface area contributed by atoms with Crippen molar-refractivity contribution in [2.45, 2.75) is 24.0 Å². The first-order valence-electron chi connectivity index (χ1n) is 12.5. The molecule has 13 heteroatoms. The second-order valence-electron chi connectivity index (χ2n) is 9.87.